The molecule has 88 valence electrons. The van der Waals surface area contributed by atoms with Crippen molar-refractivity contribution in [2.24, 2.45) is 0 Å². The molecule has 1 aromatic heterocycles. The van der Waals surface area contributed by atoms with E-state index in [0.29, 0.717) is 15.7 Å². The lowest BCUT2D eigenvalue weighted by atomic mass is 10.1. The fraction of sp³-hybridized carbons (Fsp3) is 0.0909. The number of benzene rings is 1. The van der Waals surface area contributed by atoms with Crippen molar-refractivity contribution in [3.8, 4) is 11.3 Å². The van der Waals surface area contributed by atoms with E-state index < -0.39 is 11.8 Å². The third-order valence-electron chi connectivity index (χ3n) is 2.23. The molecule has 0 saturated heterocycles. The molecule has 0 amide bonds. The number of nitrogens with one attached hydrogen (secondary N) is 1. The lowest BCUT2D eigenvalue weighted by Gasteiger charge is -1.99. The summed E-state index contributed by atoms with van der Waals surface area (Å²) in [6.45, 7) is 0. The Morgan fingerprint density at radius 2 is 2.18 bits per heavy atom. The van der Waals surface area contributed by atoms with Gasteiger partial charge >= 0.3 is 5.97 Å². The van der Waals surface area contributed by atoms with Gasteiger partial charge in [-0.2, -0.15) is 5.10 Å². The normalized spacial score (nSPS) is 10.3. The summed E-state index contributed by atoms with van der Waals surface area (Å²) in [6.07, 6.45) is 0. The van der Waals surface area contributed by atoms with Crippen LogP contribution in [0, 0.1) is 5.82 Å². The van der Waals surface area contributed by atoms with Crippen molar-refractivity contribution >= 4 is 21.9 Å². The van der Waals surface area contributed by atoms with Crippen molar-refractivity contribution in [3.63, 3.8) is 0 Å². The first-order valence-electron chi connectivity index (χ1n) is 4.72. The van der Waals surface area contributed by atoms with Gasteiger partial charge in [-0.3, -0.25) is 5.10 Å². The van der Waals surface area contributed by atoms with E-state index in [9.17, 15) is 9.18 Å². The highest BCUT2D eigenvalue weighted by atomic mass is 79.9. The van der Waals surface area contributed by atoms with Gasteiger partial charge in [0.1, 0.15) is 11.5 Å². The number of rotatable bonds is 2. The van der Waals surface area contributed by atoms with Crippen LogP contribution in [-0.2, 0) is 4.74 Å². The monoisotopic (exact) mass is 298 g/mol. The SMILES string of the molecule is COC(=O)c1[nH]nc(-c2ccccc2F)c1Br. The number of aromatic amines is 1. The third-order valence-corrected chi connectivity index (χ3v) is 3.00. The second-order valence-corrected chi connectivity index (χ2v) is 4.03. The molecule has 0 radical (unpaired) electrons. The minimum Gasteiger partial charge on any atom is -0.464 e. The Kier molecular flexibility index (Phi) is 3.23. The van der Waals surface area contributed by atoms with Crippen LogP contribution in [0.4, 0.5) is 4.39 Å². The highest BCUT2D eigenvalue weighted by molar-refractivity contribution is 9.10. The van der Waals surface area contributed by atoms with Crippen molar-refractivity contribution in [1.29, 1.82) is 0 Å². The fourth-order valence-corrected chi connectivity index (χ4v) is 1.95. The van der Waals surface area contributed by atoms with Gasteiger partial charge in [0.2, 0.25) is 0 Å². The first kappa shape index (κ1) is 11.8. The summed E-state index contributed by atoms with van der Waals surface area (Å²) in [5.41, 5.74) is 0.806. The van der Waals surface area contributed by atoms with Gasteiger partial charge in [-0.05, 0) is 28.1 Å². The van der Waals surface area contributed by atoms with E-state index in [1.807, 2.05) is 0 Å². The molecule has 6 heteroatoms. The molecule has 0 aliphatic carbocycles. The average Bonchev–Trinajstić information content (AvgIpc) is 2.71. The maximum atomic E-state index is 13.6. The van der Waals surface area contributed by atoms with Gasteiger partial charge in [0.05, 0.1) is 11.6 Å². The molecule has 1 heterocycles. The van der Waals surface area contributed by atoms with E-state index in [2.05, 4.69) is 30.9 Å². The van der Waals surface area contributed by atoms with Crippen molar-refractivity contribution in [1.82, 2.24) is 10.2 Å². The zero-order valence-corrected chi connectivity index (χ0v) is 10.4. The summed E-state index contributed by atoms with van der Waals surface area (Å²) in [7, 11) is 1.26. The number of ether oxygens (including phenoxy) is 1. The van der Waals surface area contributed by atoms with Gasteiger partial charge in [0.25, 0.3) is 0 Å². The Morgan fingerprint density at radius 3 is 2.82 bits per heavy atom. The van der Waals surface area contributed by atoms with Gasteiger partial charge in [0.15, 0.2) is 5.69 Å². The number of H-pyrrole nitrogens is 1. The fourth-order valence-electron chi connectivity index (χ4n) is 1.40. The smallest absolute Gasteiger partial charge is 0.357 e. The van der Waals surface area contributed by atoms with E-state index in [-0.39, 0.29) is 5.69 Å². The predicted octanol–water partition coefficient (Wildman–Crippen LogP) is 2.76. The molecular weight excluding hydrogens is 291 g/mol. The van der Waals surface area contributed by atoms with Crippen LogP contribution in [0.2, 0.25) is 0 Å². The largest absolute Gasteiger partial charge is 0.464 e. The summed E-state index contributed by atoms with van der Waals surface area (Å²) in [5, 5.41) is 6.42. The molecule has 0 fully saturated rings. The lowest BCUT2D eigenvalue weighted by Crippen LogP contribution is -2.02. The average molecular weight is 299 g/mol. The van der Waals surface area contributed by atoms with Crippen LogP contribution in [0.5, 0.6) is 0 Å². The Balaban J connectivity index is 2.52. The summed E-state index contributed by atoms with van der Waals surface area (Å²) >= 11 is 3.20. The van der Waals surface area contributed by atoms with E-state index >= 15 is 0 Å². The Labute approximate surface area is 105 Å². The number of hydrogen-bond acceptors (Lipinski definition) is 3. The topological polar surface area (TPSA) is 55.0 Å². The Morgan fingerprint density at radius 1 is 1.47 bits per heavy atom. The summed E-state index contributed by atoms with van der Waals surface area (Å²) in [6, 6.07) is 6.18. The Hall–Kier alpha value is -1.69. The molecular formula is C11H8BrFN2O2. The summed E-state index contributed by atoms with van der Waals surface area (Å²) < 4.78 is 18.5. The molecule has 0 saturated carbocycles. The first-order valence-corrected chi connectivity index (χ1v) is 5.51. The molecule has 0 bridgehead atoms. The highest BCUT2D eigenvalue weighted by Gasteiger charge is 2.20. The quantitative estimate of drug-likeness (QED) is 0.868. The molecule has 0 aliphatic heterocycles. The number of hydrogen-bond donors (Lipinski definition) is 1. The van der Waals surface area contributed by atoms with Gasteiger partial charge in [-0.1, -0.05) is 12.1 Å². The van der Waals surface area contributed by atoms with Crippen LogP contribution < -0.4 is 0 Å². The third kappa shape index (κ3) is 2.08. The maximum absolute atomic E-state index is 13.6. The number of halogens is 2. The van der Waals surface area contributed by atoms with Crippen LogP contribution in [0.1, 0.15) is 10.5 Å². The minimum absolute atomic E-state index is 0.158. The summed E-state index contributed by atoms with van der Waals surface area (Å²) in [4.78, 5) is 11.3. The van der Waals surface area contributed by atoms with Crippen molar-refractivity contribution in [2.75, 3.05) is 7.11 Å². The van der Waals surface area contributed by atoms with Crippen molar-refractivity contribution in [3.05, 3.63) is 40.2 Å². The zero-order valence-electron chi connectivity index (χ0n) is 8.83. The highest BCUT2D eigenvalue weighted by Crippen LogP contribution is 2.30. The van der Waals surface area contributed by atoms with Crippen molar-refractivity contribution < 1.29 is 13.9 Å². The van der Waals surface area contributed by atoms with Crippen LogP contribution >= 0.6 is 15.9 Å². The molecule has 0 atom stereocenters. The van der Waals surface area contributed by atoms with Crippen LogP contribution in [-0.4, -0.2) is 23.3 Å². The van der Waals surface area contributed by atoms with Gasteiger partial charge in [-0.25, -0.2) is 9.18 Å². The molecule has 0 aliphatic rings. The molecule has 1 N–H and O–H groups in total. The van der Waals surface area contributed by atoms with Crippen LogP contribution in [0.25, 0.3) is 11.3 Å². The summed E-state index contributed by atoms with van der Waals surface area (Å²) in [5.74, 6) is -0.969. The van der Waals surface area contributed by atoms with Crippen molar-refractivity contribution in [2.45, 2.75) is 0 Å². The van der Waals surface area contributed by atoms with E-state index in [1.54, 1.807) is 18.2 Å². The predicted molar refractivity (Wildman–Crippen MR) is 63.0 cm³/mol. The zero-order chi connectivity index (χ0) is 12.4. The lowest BCUT2D eigenvalue weighted by molar-refractivity contribution is 0.0593. The number of esters is 1. The van der Waals surface area contributed by atoms with Crippen LogP contribution in [0.3, 0.4) is 0 Å². The van der Waals surface area contributed by atoms with Gasteiger partial charge in [-0.15, -0.1) is 0 Å². The number of carbonyl (C=O) groups is 1. The Bertz CT molecular complexity index is 568. The minimum atomic E-state index is -0.563. The maximum Gasteiger partial charge on any atom is 0.357 e. The van der Waals surface area contributed by atoms with E-state index in [0.717, 1.165) is 0 Å². The van der Waals surface area contributed by atoms with Crippen LogP contribution in [0.15, 0.2) is 28.7 Å². The molecule has 4 nitrogen and oxygen atoms in total. The molecule has 0 spiro atoms. The van der Waals surface area contributed by atoms with Gasteiger partial charge in [0, 0.05) is 5.56 Å². The molecule has 17 heavy (non-hydrogen) atoms. The number of nitrogens with zero attached hydrogens (tertiary/aromatic N) is 1. The van der Waals surface area contributed by atoms with Gasteiger partial charge < -0.3 is 4.74 Å². The standard InChI is InChI=1S/C11H8BrFN2O2/c1-17-11(16)10-8(12)9(14-15-10)6-4-2-3-5-7(6)13/h2-5H,1H3,(H,14,15). The number of aromatic nitrogens is 2. The first-order chi connectivity index (χ1) is 8.15. The molecule has 1 aromatic carbocycles. The van der Waals surface area contributed by atoms with E-state index in [4.69, 9.17) is 0 Å². The molecule has 2 aromatic rings. The number of methoxy groups -OCH3 is 1. The van der Waals surface area contributed by atoms with E-state index in [1.165, 1.54) is 13.2 Å². The molecule has 0 unspecified atom stereocenters. The second kappa shape index (κ2) is 4.67. The number of carbonyl (C=O) groups excluding carboxylic acids is 1. The second-order valence-electron chi connectivity index (χ2n) is 3.23. The molecule has 2 rings (SSSR count).